The minimum atomic E-state index is -1.11. The van der Waals surface area contributed by atoms with Crippen LogP contribution in [0.25, 0.3) is 11.0 Å². The molecule has 0 aliphatic heterocycles. The van der Waals surface area contributed by atoms with Crippen LogP contribution in [0, 0.1) is 11.6 Å². The number of hydrogen-bond acceptors (Lipinski definition) is 2. The molecule has 1 aromatic carbocycles. The van der Waals surface area contributed by atoms with Crippen LogP contribution in [-0.2, 0) is 11.5 Å². The van der Waals surface area contributed by atoms with Crippen LogP contribution < -0.4 is 0 Å². The number of nitrogens with zero attached hydrogens (tertiary/aromatic N) is 2. The maximum atomic E-state index is 13.2. The van der Waals surface area contributed by atoms with Gasteiger partial charge in [-0.05, 0) is 6.04 Å². The third-order valence-electron chi connectivity index (χ3n) is 2.89. The summed E-state index contributed by atoms with van der Waals surface area (Å²) in [6, 6.07) is 3.32. The second-order valence-electron chi connectivity index (χ2n) is 5.82. The first kappa shape index (κ1) is 14.1. The molecule has 2 aromatic rings. The molecule has 1 heterocycles. The van der Waals surface area contributed by atoms with Crippen molar-refractivity contribution in [3.05, 3.63) is 30.1 Å². The Morgan fingerprint density at radius 3 is 2.58 bits per heavy atom. The highest BCUT2D eigenvalue weighted by molar-refractivity contribution is 6.76. The Kier molecular flexibility index (Phi) is 4.01. The van der Waals surface area contributed by atoms with Crippen molar-refractivity contribution in [1.82, 2.24) is 9.55 Å². The topological polar surface area (TPSA) is 27.1 Å². The molecule has 0 aliphatic carbocycles. The smallest absolute Gasteiger partial charge is 0.161 e. The summed E-state index contributed by atoms with van der Waals surface area (Å²) in [5.74, 6) is -1.74. The molecular weight excluding hydrogens is 266 g/mol. The highest BCUT2D eigenvalue weighted by Gasteiger charge is 2.13. The quantitative estimate of drug-likeness (QED) is 0.619. The van der Waals surface area contributed by atoms with Crippen molar-refractivity contribution in [2.24, 2.45) is 0 Å². The summed E-state index contributed by atoms with van der Waals surface area (Å²) >= 11 is 0. The average Bonchev–Trinajstić information content (AvgIpc) is 2.67. The van der Waals surface area contributed by atoms with Gasteiger partial charge >= 0.3 is 0 Å². The molecule has 0 atom stereocenters. The summed E-state index contributed by atoms with van der Waals surface area (Å²) in [6.07, 6.45) is 1.54. The lowest BCUT2D eigenvalue weighted by molar-refractivity contribution is 0.0898. The summed E-state index contributed by atoms with van der Waals surface area (Å²) in [5, 5.41) is 0. The minimum Gasteiger partial charge on any atom is -0.361 e. The van der Waals surface area contributed by atoms with Gasteiger partial charge in [0, 0.05) is 26.8 Å². The van der Waals surface area contributed by atoms with Crippen LogP contribution in [0.5, 0.6) is 0 Å². The van der Waals surface area contributed by atoms with Crippen LogP contribution >= 0.6 is 0 Å². The Bertz CT molecular complexity index is 578. The van der Waals surface area contributed by atoms with Gasteiger partial charge in [0.1, 0.15) is 6.73 Å². The SMILES string of the molecule is C[Si](C)(C)CCOCn1cnc2cc(F)c(F)cc21. The second-order valence-corrected chi connectivity index (χ2v) is 11.4. The van der Waals surface area contributed by atoms with E-state index >= 15 is 0 Å². The molecule has 0 aliphatic rings. The predicted octanol–water partition coefficient (Wildman–Crippen LogP) is 3.63. The van der Waals surface area contributed by atoms with Gasteiger partial charge in [-0.2, -0.15) is 0 Å². The lowest BCUT2D eigenvalue weighted by Gasteiger charge is -2.15. The molecule has 0 bridgehead atoms. The monoisotopic (exact) mass is 284 g/mol. The van der Waals surface area contributed by atoms with Gasteiger partial charge in [0.05, 0.1) is 17.4 Å². The van der Waals surface area contributed by atoms with Crippen molar-refractivity contribution in [3.8, 4) is 0 Å². The van der Waals surface area contributed by atoms with E-state index in [4.69, 9.17) is 4.74 Å². The number of benzene rings is 1. The first-order valence-electron chi connectivity index (χ1n) is 6.24. The van der Waals surface area contributed by atoms with Crippen molar-refractivity contribution in [1.29, 1.82) is 0 Å². The molecule has 104 valence electrons. The maximum absolute atomic E-state index is 13.2. The van der Waals surface area contributed by atoms with Gasteiger partial charge in [-0.15, -0.1) is 0 Å². The van der Waals surface area contributed by atoms with Crippen LogP contribution in [0.15, 0.2) is 18.5 Å². The first-order valence-corrected chi connectivity index (χ1v) is 9.95. The zero-order valence-corrected chi connectivity index (χ0v) is 12.4. The highest BCUT2D eigenvalue weighted by Crippen LogP contribution is 2.17. The molecule has 3 nitrogen and oxygen atoms in total. The van der Waals surface area contributed by atoms with Crippen molar-refractivity contribution < 1.29 is 13.5 Å². The predicted molar refractivity (Wildman–Crippen MR) is 73.8 cm³/mol. The van der Waals surface area contributed by atoms with Gasteiger partial charge in [0.15, 0.2) is 11.6 Å². The van der Waals surface area contributed by atoms with Gasteiger partial charge < -0.3 is 9.30 Å². The third-order valence-corrected chi connectivity index (χ3v) is 4.59. The van der Waals surface area contributed by atoms with Gasteiger partial charge in [-0.25, -0.2) is 13.8 Å². The normalized spacial score (nSPS) is 12.3. The van der Waals surface area contributed by atoms with Crippen molar-refractivity contribution >= 4 is 19.1 Å². The van der Waals surface area contributed by atoms with Crippen LogP contribution in [-0.4, -0.2) is 24.2 Å². The molecule has 0 saturated heterocycles. The fraction of sp³-hybridized carbons (Fsp3) is 0.462. The fourth-order valence-electron chi connectivity index (χ4n) is 1.70. The number of aromatic nitrogens is 2. The maximum Gasteiger partial charge on any atom is 0.161 e. The molecule has 6 heteroatoms. The van der Waals surface area contributed by atoms with Gasteiger partial charge in [0.2, 0.25) is 0 Å². The van der Waals surface area contributed by atoms with E-state index in [1.54, 1.807) is 4.57 Å². The summed E-state index contributed by atoms with van der Waals surface area (Å²) in [6.45, 7) is 7.83. The Labute approximate surface area is 112 Å². The Hall–Kier alpha value is -1.27. The Morgan fingerprint density at radius 1 is 1.21 bits per heavy atom. The second kappa shape index (κ2) is 5.38. The lowest BCUT2D eigenvalue weighted by atomic mass is 10.3. The number of hydrogen-bond donors (Lipinski definition) is 0. The Balaban J connectivity index is 2.03. The molecular formula is C13H18F2N2OSi. The number of ether oxygens (including phenoxy) is 1. The van der Waals surface area contributed by atoms with E-state index in [-0.39, 0.29) is 0 Å². The molecule has 0 amide bonds. The summed E-state index contributed by atoms with van der Waals surface area (Å²) in [7, 11) is -1.11. The van der Waals surface area contributed by atoms with Gasteiger partial charge in [-0.3, -0.25) is 0 Å². The van der Waals surface area contributed by atoms with Gasteiger partial charge in [0.25, 0.3) is 0 Å². The summed E-state index contributed by atoms with van der Waals surface area (Å²) < 4.78 is 33.5. The van der Waals surface area contributed by atoms with E-state index in [2.05, 4.69) is 24.6 Å². The van der Waals surface area contributed by atoms with Crippen LogP contribution in [0.4, 0.5) is 8.78 Å². The van der Waals surface area contributed by atoms with Crippen molar-refractivity contribution in [2.45, 2.75) is 32.4 Å². The molecule has 0 N–H and O–H groups in total. The zero-order valence-electron chi connectivity index (χ0n) is 11.4. The first-order chi connectivity index (χ1) is 8.87. The van der Waals surface area contributed by atoms with E-state index in [1.165, 1.54) is 6.33 Å². The van der Waals surface area contributed by atoms with Crippen LogP contribution in [0.3, 0.4) is 0 Å². The van der Waals surface area contributed by atoms with E-state index < -0.39 is 19.7 Å². The number of halogens is 2. The molecule has 0 unspecified atom stereocenters. The van der Waals surface area contributed by atoms with Crippen LogP contribution in [0.2, 0.25) is 25.7 Å². The molecule has 1 aromatic heterocycles. The van der Waals surface area contributed by atoms with Gasteiger partial charge in [-0.1, -0.05) is 19.6 Å². The fourth-order valence-corrected chi connectivity index (χ4v) is 2.45. The van der Waals surface area contributed by atoms with E-state index in [0.717, 1.165) is 18.2 Å². The largest absolute Gasteiger partial charge is 0.361 e. The average molecular weight is 284 g/mol. The number of fused-ring (bicyclic) bond motifs is 1. The molecule has 2 rings (SSSR count). The molecule has 0 saturated carbocycles. The van der Waals surface area contributed by atoms with E-state index in [1.807, 2.05) is 0 Å². The molecule has 0 radical (unpaired) electrons. The Morgan fingerprint density at radius 2 is 1.89 bits per heavy atom. The molecule has 19 heavy (non-hydrogen) atoms. The van der Waals surface area contributed by atoms with Crippen molar-refractivity contribution in [3.63, 3.8) is 0 Å². The summed E-state index contributed by atoms with van der Waals surface area (Å²) in [4.78, 5) is 4.03. The van der Waals surface area contributed by atoms with E-state index in [0.29, 0.717) is 24.4 Å². The van der Waals surface area contributed by atoms with Crippen molar-refractivity contribution in [2.75, 3.05) is 6.61 Å². The molecule has 0 spiro atoms. The molecule has 0 fully saturated rings. The zero-order chi connectivity index (χ0) is 14.0. The summed E-state index contributed by atoms with van der Waals surface area (Å²) in [5.41, 5.74) is 0.986. The van der Waals surface area contributed by atoms with Crippen LogP contribution in [0.1, 0.15) is 0 Å². The number of imidazole rings is 1. The highest BCUT2D eigenvalue weighted by atomic mass is 28.3. The standard InChI is InChI=1S/C13H18F2N2OSi/c1-19(2,3)5-4-18-9-17-8-16-12-6-10(14)11(15)7-13(12)17/h6-8H,4-5,9H2,1-3H3. The van der Waals surface area contributed by atoms with E-state index in [9.17, 15) is 8.78 Å². The lowest BCUT2D eigenvalue weighted by Crippen LogP contribution is -2.21. The number of rotatable bonds is 5. The third kappa shape index (κ3) is 3.60. The minimum absolute atomic E-state index is 0.312.